The Labute approximate surface area is 366 Å². The Morgan fingerprint density at radius 3 is 1.73 bits per heavy atom. The lowest BCUT2D eigenvalue weighted by atomic mass is 9.87. The van der Waals surface area contributed by atoms with Crippen LogP contribution in [0.1, 0.15) is 82.7 Å². The van der Waals surface area contributed by atoms with Gasteiger partial charge in [0, 0.05) is 41.2 Å². The summed E-state index contributed by atoms with van der Waals surface area (Å²) in [7, 11) is 0. The lowest BCUT2D eigenvalue weighted by molar-refractivity contribution is -0.142. The second-order valence-corrected chi connectivity index (χ2v) is 18.4. The average Bonchev–Trinajstić information content (AvgIpc) is 4.14. The van der Waals surface area contributed by atoms with E-state index in [1.54, 1.807) is 35.3 Å². The molecule has 2 atom stereocenters. The predicted octanol–water partition coefficient (Wildman–Crippen LogP) is 8.45. The lowest BCUT2D eigenvalue weighted by Crippen LogP contribution is -2.36. The minimum atomic E-state index is -0.723. The summed E-state index contributed by atoms with van der Waals surface area (Å²) in [5, 5.41) is 18.5. The molecule has 11 rings (SSSR count). The second-order valence-electron chi connectivity index (χ2n) is 16.2. The number of thiophene rings is 2. The predicted molar refractivity (Wildman–Crippen MR) is 244 cm³/mol. The van der Waals surface area contributed by atoms with Gasteiger partial charge in [0.15, 0.2) is 0 Å². The molecule has 14 nitrogen and oxygen atoms in total. The lowest BCUT2D eigenvalue weighted by Gasteiger charge is -2.26. The normalized spacial score (nSPS) is 18.2. The standard InChI is InChI=1S/C25H27N5O2S.C21H20N4O3S/c1-2-32-20-10-17-13-26-12-16(17)9-19(20)29-23-22-18-6-5-15(25(31)30-7-3-4-8-30)11-21(18)33-24(22)28-14-27-23;1-2-28-16-6-13-9-22-8-12(13)5-15(16)25-19-18-14-4-3-11(21(26)27)7-17(14)29-20(18)24-10-23-19/h9-10,12,14-15H,2-8,11,13H2,1H3,(H,27,28,29);5-6,8,10-11H,2-4,7,9H2,1H3,(H,26,27)(H,23,24,25)/t15-;11-/m00/s1. The molecule has 62 heavy (non-hydrogen) atoms. The van der Waals surface area contributed by atoms with E-state index in [0.717, 1.165) is 128 Å². The minimum Gasteiger partial charge on any atom is -0.492 e. The zero-order valence-corrected chi connectivity index (χ0v) is 36.3. The molecule has 2 aliphatic carbocycles. The van der Waals surface area contributed by atoms with Gasteiger partial charge in [-0.05, 0) is 123 Å². The number of hydrogen-bond acceptors (Lipinski definition) is 14. The Balaban J connectivity index is 0.000000149. The highest BCUT2D eigenvalue weighted by Crippen LogP contribution is 2.44. The van der Waals surface area contributed by atoms with Crippen LogP contribution in [0, 0.1) is 11.8 Å². The van der Waals surface area contributed by atoms with Gasteiger partial charge in [-0.2, -0.15) is 0 Å². The highest BCUT2D eigenvalue weighted by Gasteiger charge is 2.33. The van der Waals surface area contributed by atoms with E-state index in [1.807, 2.05) is 38.4 Å². The van der Waals surface area contributed by atoms with E-state index in [9.17, 15) is 14.7 Å². The number of carbonyl (C=O) groups excluding carboxylic acids is 1. The summed E-state index contributed by atoms with van der Waals surface area (Å²) in [4.78, 5) is 57.6. The molecule has 2 aromatic carbocycles. The number of carboxylic acids is 1. The maximum absolute atomic E-state index is 13.0. The fourth-order valence-corrected chi connectivity index (χ4v) is 11.8. The number of rotatable bonds is 10. The first-order valence-electron chi connectivity index (χ1n) is 21.5. The third-order valence-electron chi connectivity index (χ3n) is 12.4. The Morgan fingerprint density at radius 2 is 1.23 bits per heavy atom. The van der Waals surface area contributed by atoms with Crippen molar-refractivity contribution in [2.75, 3.05) is 36.9 Å². The van der Waals surface area contributed by atoms with E-state index in [0.29, 0.717) is 45.1 Å². The van der Waals surface area contributed by atoms with E-state index < -0.39 is 5.97 Å². The molecule has 0 radical (unpaired) electrons. The number of aliphatic carboxylic acids is 1. The zero-order chi connectivity index (χ0) is 42.3. The van der Waals surface area contributed by atoms with E-state index >= 15 is 0 Å². The van der Waals surface area contributed by atoms with Crippen molar-refractivity contribution in [3.63, 3.8) is 0 Å². The summed E-state index contributed by atoms with van der Waals surface area (Å²) in [6, 6.07) is 8.25. The topological polar surface area (TPSA) is 176 Å². The van der Waals surface area contributed by atoms with Crippen molar-refractivity contribution in [1.82, 2.24) is 24.8 Å². The molecule has 4 aromatic heterocycles. The summed E-state index contributed by atoms with van der Waals surface area (Å²) in [5.74, 6) is 2.51. The molecule has 0 bridgehead atoms. The van der Waals surface area contributed by atoms with Crippen LogP contribution in [0.4, 0.5) is 23.0 Å². The number of carboxylic acid groups (broad SMARTS) is 1. The van der Waals surface area contributed by atoms with Crippen molar-refractivity contribution in [2.24, 2.45) is 21.8 Å². The molecule has 1 fully saturated rings. The monoisotopic (exact) mass is 869 g/mol. The van der Waals surface area contributed by atoms with Crippen LogP contribution >= 0.6 is 22.7 Å². The molecular weight excluding hydrogens is 823 g/mol. The van der Waals surface area contributed by atoms with Gasteiger partial charge in [-0.15, -0.1) is 22.7 Å². The van der Waals surface area contributed by atoms with Crippen molar-refractivity contribution in [1.29, 1.82) is 0 Å². The van der Waals surface area contributed by atoms with Crippen LogP contribution in [-0.2, 0) is 48.4 Å². The third kappa shape index (κ3) is 7.63. The number of ether oxygens (including phenoxy) is 2. The average molecular weight is 870 g/mol. The molecule has 5 aliphatic rings. The molecule has 0 spiro atoms. The summed E-state index contributed by atoms with van der Waals surface area (Å²) in [6.45, 7) is 8.32. The van der Waals surface area contributed by atoms with Crippen molar-refractivity contribution in [3.05, 3.63) is 80.1 Å². The van der Waals surface area contributed by atoms with Gasteiger partial charge in [-0.25, -0.2) is 19.9 Å². The Kier molecular flexibility index (Phi) is 11.0. The Bertz CT molecular complexity index is 2790. The van der Waals surface area contributed by atoms with Crippen LogP contribution in [-0.4, -0.2) is 80.6 Å². The second kappa shape index (κ2) is 17.0. The maximum atomic E-state index is 13.0. The number of aryl methyl sites for hydroxylation is 2. The van der Waals surface area contributed by atoms with Crippen molar-refractivity contribution in [3.8, 4) is 11.5 Å². The molecule has 16 heteroatoms. The van der Waals surface area contributed by atoms with Crippen LogP contribution in [0.25, 0.3) is 20.4 Å². The van der Waals surface area contributed by atoms with E-state index in [-0.39, 0.29) is 11.8 Å². The number of likely N-dealkylation sites (tertiary alicyclic amines) is 1. The van der Waals surface area contributed by atoms with E-state index in [2.05, 4.69) is 57.6 Å². The van der Waals surface area contributed by atoms with Gasteiger partial charge in [-0.3, -0.25) is 19.6 Å². The molecule has 3 N–H and O–H groups in total. The number of nitrogens with one attached hydrogen (secondary N) is 2. The quantitative estimate of drug-likeness (QED) is 0.120. The minimum absolute atomic E-state index is 0.0913. The van der Waals surface area contributed by atoms with Crippen LogP contribution < -0.4 is 20.1 Å². The van der Waals surface area contributed by atoms with Crippen LogP contribution in [0.15, 0.2) is 46.9 Å². The molecule has 0 unspecified atom stereocenters. The van der Waals surface area contributed by atoms with Crippen LogP contribution in [0.5, 0.6) is 11.5 Å². The van der Waals surface area contributed by atoms with Crippen LogP contribution in [0.2, 0.25) is 0 Å². The number of hydrogen-bond donors (Lipinski definition) is 3. The Hall–Kier alpha value is -6.00. The number of fused-ring (bicyclic) bond motifs is 8. The van der Waals surface area contributed by atoms with Crippen LogP contribution in [0.3, 0.4) is 0 Å². The molecule has 318 valence electrons. The first-order chi connectivity index (χ1) is 30.3. The molecule has 1 amide bonds. The molecule has 3 aliphatic heterocycles. The number of aromatic nitrogens is 4. The highest BCUT2D eigenvalue weighted by atomic mass is 32.1. The molecule has 1 saturated heterocycles. The summed E-state index contributed by atoms with van der Waals surface area (Å²) >= 11 is 3.28. The van der Waals surface area contributed by atoms with Gasteiger partial charge in [0.1, 0.15) is 45.5 Å². The van der Waals surface area contributed by atoms with Gasteiger partial charge in [0.25, 0.3) is 0 Å². The number of aliphatic imine (C=N–C) groups is 2. The largest absolute Gasteiger partial charge is 0.492 e. The summed E-state index contributed by atoms with van der Waals surface area (Å²) in [6.07, 6.45) is 13.7. The van der Waals surface area contributed by atoms with Crippen molar-refractivity contribution in [2.45, 2.75) is 78.3 Å². The fourth-order valence-electron chi connectivity index (χ4n) is 9.30. The van der Waals surface area contributed by atoms with Gasteiger partial charge >= 0.3 is 5.97 Å². The van der Waals surface area contributed by atoms with E-state index in [1.165, 1.54) is 21.6 Å². The SMILES string of the molecule is CCOc1cc2c(cc1Nc1ncnc3sc4c(c13)CC[C@H](C(=O)N1CCCC1)C4)C=NC2.CCOc1cc2c(cc1Nc1ncnc3sc4c(c13)CC[C@H](C(=O)O)C4)C=NC2. The van der Waals surface area contributed by atoms with Gasteiger partial charge < -0.3 is 30.1 Å². The molecular formula is C46H47N9O5S2. The first-order valence-corrected chi connectivity index (χ1v) is 23.1. The van der Waals surface area contributed by atoms with Crippen molar-refractivity contribution >= 4 is 90.4 Å². The number of amides is 1. The molecule has 0 saturated carbocycles. The first kappa shape index (κ1) is 40.1. The van der Waals surface area contributed by atoms with E-state index in [4.69, 9.17) is 9.47 Å². The zero-order valence-electron chi connectivity index (χ0n) is 34.7. The Morgan fingerprint density at radius 1 is 0.726 bits per heavy atom. The summed E-state index contributed by atoms with van der Waals surface area (Å²) < 4.78 is 11.8. The smallest absolute Gasteiger partial charge is 0.306 e. The number of anilines is 4. The van der Waals surface area contributed by atoms with Gasteiger partial charge in [-0.1, -0.05) is 0 Å². The van der Waals surface area contributed by atoms with Crippen molar-refractivity contribution < 1.29 is 24.2 Å². The summed E-state index contributed by atoms with van der Waals surface area (Å²) in [5.41, 5.74) is 8.73. The highest BCUT2D eigenvalue weighted by molar-refractivity contribution is 7.19. The fraction of sp³-hybridized carbons (Fsp3) is 0.391. The molecule has 6 aromatic rings. The third-order valence-corrected chi connectivity index (χ3v) is 14.7. The van der Waals surface area contributed by atoms with Gasteiger partial charge in [0.05, 0.1) is 54.4 Å². The number of carbonyl (C=O) groups is 2. The molecule has 7 heterocycles. The van der Waals surface area contributed by atoms with Gasteiger partial charge in [0.2, 0.25) is 5.91 Å². The number of nitrogens with zero attached hydrogens (tertiary/aromatic N) is 7. The number of benzene rings is 2. The maximum Gasteiger partial charge on any atom is 0.306 e.